The molecule has 6 heteroatoms. The molecule has 0 aliphatic heterocycles. The topological polar surface area (TPSA) is 86.3 Å². The number of nitrogens with one attached hydrogen (secondary N) is 1. The van der Waals surface area contributed by atoms with E-state index in [4.69, 9.17) is 10.5 Å². The number of carbonyl (C=O) groups is 2. The fraction of sp³-hybridized carbons (Fsp3) is 0.375. The lowest BCUT2D eigenvalue weighted by molar-refractivity contribution is -0.114. The molecule has 0 aliphatic rings. The maximum Gasteiger partial charge on any atom is 0.419 e. The normalized spacial score (nSPS) is 11.5. The minimum absolute atomic E-state index is 0.207. The average Bonchev–Trinajstić information content (AvgIpc) is 2.74. The van der Waals surface area contributed by atoms with Gasteiger partial charge in [0.1, 0.15) is 5.60 Å². The number of aromatic nitrogens is 1. The third-order valence-electron chi connectivity index (χ3n) is 3.01. The van der Waals surface area contributed by atoms with Crippen molar-refractivity contribution in [2.75, 3.05) is 5.32 Å². The van der Waals surface area contributed by atoms with Gasteiger partial charge >= 0.3 is 6.09 Å². The van der Waals surface area contributed by atoms with Crippen molar-refractivity contribution in [3.05, 3.63) is 30.0 Å². The molecule has 1 aromatic carbocycles. The van der Waals surface area contributed by atoms with E-state index in [2.05, 4.69) is 5.32 Å². The van der Waals surface area contributed by atoms with Crippen LogP contribution in [0.25, 0.3) is 10.9 Å². The fourth-order valence-electron chi connectivity index (χ4n) is 2.16. The Kier molecular flexibility index (Phi) is 4.23. The molecular formula is C16H21N3O3. The van der Waals surface area contributed by atoms with Gasteiger partial charge in [0.2, 0.25) is 5.91 Å². The molecule has 1 aromatic heterocycles. The summed E-state index contributed by atoms with van der Waals surface area (Å²) >= 11 is 0. The number of nitrogens with two attached hydrogens (primary N) is 1. The Morgan fingerprint density at radius 2 is 2.00 bits per heavy atom. The van der Waals surface area contributed by atoms with Crippen LogP contribution in [-0.2, 0) is 16.1 Å². The molecule has 0 saturated heterocycles. The summed E-state index contributed by atoms with van der Waals surface area (Å²) in [6.07, 6.45) is 1.08. The van der Waals surface area contributed by atoms with Gasteiger partial charge in [0.25, 0.3) is 0 Å². The van der Waals surface area contributed by atoms with Crippen LogP contribution in [0.2, 0.25) is 0 Å². The van der Waals surface area contributed by atoms with Gasteiger partial charge in [-0.3, -0.25) is 9.36 Å². The van der Waals surface area contributed by atoms with Crippen molar-refractivity contribution in [3.8, 4) is 0 Å². The summed E-state index contributed by atoms with van der Waals surface area (Å²) in [4.78, 5) is 23.7. The molecular weight excluding hydrogens is 282 g/mol. The zero-order chi connectivity index (χ0) is 16.5. The first-order valence-corrected chi connectivity index (χ1v) is 7.06. The van der Waals surface area contributed by atoms with Gasteiger partial charge in [-0.05, 0) is 38.5 Å². The first-order valence-electron chi connectivity index (χ1n) is 7.06. The quantitative estimate of drug-likeness (QED) is 0.893. The number of anilines is 1. The number of amides is 1. The maximum absolute atomic E-state index is 12.3. The molecule has 0 atom stereocenters. The Morgan fingerprint density at radius 1 is 1.32 bits per heavy atom. The summed E-state index contributed by atoms with van der Waals surface area (Å²) in [6.45, 7) is 7.21. The van der Waals surface area contributed by atoms with Gasteiger partial charge in [-0.2, -0.15) is 0 Å². The zero-order valence-electron chi connectivity index (χ0n) is 13.3. The predicted molar refractivity (Wildman–Crippen MR) is 85.8 cm³/mol. The molecule has 0 fully saturated rings. The van der Waals surface area contributed by atoms with Gasteiger partial charge in [0, 0.05) is 25.1 Å². The van der Waals surface area contributed by atoms with Crippen LogP contribution in [0, 0.1) is 0 Å². The highest BCUT2D eigenvalue weighted by Gasteiger charge is 2.21. The van der Waals surface area contributed by atoms with Crippen LogP contribution in [0.1, 0.15) is 33.3 Å². The number of hydrogen-bond acceptors (Lipinski definition) is 4. The van der Waals surface area contributed by atoms with E-state index in [0.717, 1.165) is 10.9 Å². The maximum atomic E-state index is 12.3. The molecule has 0 unspecified atom stereocenters. The van der Waals surface area contributed by atoms with E-state index in [9.17, 15) is 9.59 Å². The smallest absolute Gasteiger partial charge is 0.419 e. The summed E-state index contributed by atoms with van der Waals surface area (Å²) < 4.78 is 6.79. The average molecular weight is 303 g/mol. The minimum atomic E-state index is -0.598. The van der Waals surface area contributed by atoms with E-state index in [-0.39, 0.29) is 5.91 Å². The Balaban J connectivity index is 2.55. The van der Waals surface area contributed by atoms with Gasteiger partial charge < -0.3 is 15.8 Å². The molecule has 2 aromatic rings. The van der Waals surface area contributed by atoms with Crippen LogP contribution in [0.4, 0.5) is 10.5 Å². The van der Waals surface area contributed by atoms with Crippen molar-refractivity contribution >= 4 is 28.6 Å². The Labute approximate surface area is 129 Å². The highest BCUT2D eigenvalue weighted by Crippen LogP contribution is 2.28. The number of fused-ring (bicyclic) bond motifs is 1. The highest BCUT2D eigenvalue weighted by molar-refractivity contribution is 6.04. The second-order valence-corrected chi connectivity index (χ2v) is 6.13. The van der Waals surface area contributed by atoms with Gasteiger partial charge in [-0.25, -0.2) is 4.79 Å². The lowest BCUT2D eigenvalue weighted by atomic mass is 10.1. The van der Waals surface area contributed by atoms with Crippen LogP contribution in [0.5, 0.6) is 0 Å². The number of nitrogens with zero attached hydrogens (tertiary/aromatic N) is 1. The standard InChI is InChI=1S/C16H21N3O3/c1-10(20)18-13-9-19(15(21)22-16(2,3)4)14-6-5-11(8-17)7-12(13)14/h5-7,9H,8,17H2,1-4H3,(H,18,20). The molecule has 3 N–H and O–H groups in total. The molecule has 118 valence electrons. The zero-order valence-corrected chi connectivity index (χ0v) is 13.3. The monoisotopic (exact) mass is 303 g/mol. The molecule has 0 bridgehead atoms. The number of benzene rings is 1. The summed E-state index contributed by atoms with van der Waals surface area (Å²) in [5.41, 5.74) is 7.20. The highest BCUT2D eigenvalue weighted by atomic mass is 16.6. The third kappa shape index (κ3) is 3.46. The number of carbonyl (C=O) groups excluding carboxylic acids is 2. The number of hydrogen-bond donors (Lipinski definition) is 2. The number of rotatable bonds is 2. The van der Waals surface area contributed by atoms with Crippen LogP contribution in [0.15, 0.2) is 24.4 Å². The molecule has 22 heavy (non-hydrogen) atoms. The van der Waals surface area contributed by atoms with Gasteiger partial charge in [-0.15, -0.1) is 0 Å². The molecule has 0 aliphatic carbocycles. The molecule has 0 saturated carbocycles. The summed E-state index contributed by atoms with van der Waals surface area (Å²) in [5.74, 6) is -0.207. The second-order valence-electron chi connectivity index (χ2n) is 6.13. The minimum Gasteiger partial charge on any atom is -0.443 e. The lowest BCUT2D eigenvalue weighted by Crippen LogP contribution is -2.26. The summed E-state index contributed by atoms with van der Waals surface area (Å²) in [6, 6.07) is 5.51. The van der Waals surface area contributed by atoms with Gasteiger partial charge in [0.15, 0.2) is 0 Å². The summed E-state index contributed by atoms with van der Waals surface area (Å²) in [5, 5.41) is 3.48. The van der Waals surface area contributed by atoms with Gasteiger partial charge in [0.05, 0.1) is 11.2 Å². The van der Waals surface area contributed by atoms with E-state index in [0.29, 0.717) is 17.7 Å². The van der Waals surface area contributed by atoms with E-state index in [1.807, 2.05) is 12.1 Å². The molecule has 1 heterocycles. The predicted octanol–water partition coefficient (Wildman–Crippen LogP) is 2.84. The lowest BCUT2D eigenvalue weighted by Gasteiger charge is -2.19. The van der Waals surface area contributed by atoms with Crippen LogP contribution >= 0.6 is 0 Å². The molecule has 2 rings (SSSR count). The Morgan fingerprint density at radius 3 is 2.55 bits per heavy atom. The first kappa shape index (κ1) is 16.0. The molecule has 0 spiro atoms. The molecule has 0 radical (unpaired) electrons. The number of ether oxygens (including phenoxy) is 1. The molecule has 6 nitrogen and oxygen atoms in total. The van der Waals surface area contributed by atoms with E-state index >= 15 is 0 Å². The largest absolute Gasteiger partial charge is 0.443 e. The van der Waals surface area contributed by atoms with Crippen LogP contribution in [0.3, 0.4) is 0 Å². The van der Waals surface area contributed by atoms with E-state index < -0.39 is 11.7 Å². The third-order valence-corrected chi connectivity index (χ3v) is 3.01. The fourth-order valence-corrected chi connectivity index (χ4v) is 2.16. The van der Waals surface area contributed by atoms with Crippen molar-refractivity contribution in [2.24, 2.45) is 5.73 Å². The van der Waals surface area contributed by atoms with Crippen LogP contribution in [-0.4, -0.2) is 22.2 Å². The summed E-state index contributed by atoms with van der Waals surface area (Å²) in [7, 11) is 0. The Hall–Kier alpha value is -2.34. The molecule has 1 amide bonds. The second kappa shape index (κ2) is 5.81. The van der Waals surface area contributed by atoms with E-state index in [1.54, 1.807) is 33.0 Å². The Bertz CT molecular complexity index is 726. The van der Waals surface area contributed by atoms with Crippen LogP contribution < -0.4 is 11.1 Å². The van der Waals surface area contributed by atoms with Crippen molar-refractivity contribution in [2.45, 2.75) is 39.8 Å². The van der Waals surface area contributed by atoms with Gasteiger partial charge in [-0.1, -0.05) is 6.07 Å². The van der Waals surface area contributed by atoms with E-state index in [1.165, 1.54) is 11.5 Å². The van der Waals surface area contributed by atoms with Crippen molar-refractivity contribution in [3.63, 3.8) is 0 Å². The first-order chi connectivity index (χ1) is 10.2. The van der Waals surface area contributed by atoms with Crippen molar-refractivity contribution < 1.29 is 14.3 Å². The van der Waals surface area contributed by atoms with Crippen molar-refractivity contribution in [1.82, 2.24) is 4.57 Å². The SMILES string of the molecule is CC(=O)Nc1cn(C(=O)OC(C)(C)C)c2ccc(CN)cc12. The van der Waals surface area contributed by atoms with Crippen molar-refractivity contribution in [1.29, 1.82) is 0 Å².